The summed E-state index contributed by atoms with van der Waals surface area (Å²) in [6.45, 7) is 5.96. The molecule has 2 aliphatic heterocycles. The van der Waals surface area contributed by atoms with Crippen molar-refractivity contribution in [3.63, 3.8) is 0 Å². The summed E-state index contributed by atoms with van der Waals surface area (Å²) >= 11 is 0. The van der Waals surface area contributed by atoms with E-state index in [1.807, 2.05) is 0 Å². The predicted octanol–water partition coefficient (Wildman–Crippen LogP) is -0.887. The highest BCUT2D eigenvalue weighted by Gasteiger charge is 2.45. The number of carboxylic acid groups (broad SMARTS) is 2. The van der Waals surface area contributed by atoms with E-state index in [2.05, 4.69) is 17.6 Å². The predicted molar refractivity (Wildman–Crippen MR) is 52.7 cm³/mol. The van der Waals surface area contributed by atoms with Crippen LogP contribution in [0.1, 0.15) is 13.3 Å². The number of hydrogen-bond acceptors (Lipinski definition) is 4. The third kappa shape index (κ3) is 2.66. The lowest BCUT2D eigenvalue weighted by Gasteiger charge is -2.46. The smallest absolute Gasteiger partial charge is 0.414 e. The Morgan fingerprint density at radius 1 is 1.33 bits per heavy atom. The number of rotatable bonds is 0. The Labute approximate surface area is 87.7 Å². The highest BCUT2D eigenvalue weighted by atomic mass is 16.4. The van der Waals surface area contributed by atoms with Gasteiger partial charge >= 0.3 is 11.9 Å². The molecule has 0 aromatic heterocycles. The number of nitrogens with one attached hydrogen (secondary N) is 2. The first-order chi connectivity index (χ1) is 6.98. The minimum Gasteiger partial charge on any atom is -0.473 e. The summed E-state index contributed by atoms with van der Waals surface area (Å²) in [6, 6.07) is 0. The van der Waals surface area contributed by atoms with Gasteiger partial charge in [0.1, 0.15) is 0 Å². The molecule has 86 valence electrons. The highest BCUT2D eigenvalue weighted by Crippen LogP contribution is 2.30. The van der Waals surface area contributed by atoms with Crippen LogP contribution in [0.25, 0.3) is 0 Å². The van der Waals surface area contributed by atoms with Crippen LogP contribution in [0.3, 0.4) is 0 Å². The Bertz CT molecular complexity index is 249. The van der Waals surface area contributed by atoms with Gasteiger partial charge in [-0.2, -0.15) is 0 Å². The van der Waals surface area contributed by atoms with Crippen molar-refractivity contribution in [1.82, 2.24) is 10.6 Å². The normalized spacial score (nSPS) is 32.7. The molecule has 4 N–H and O–H groups in total. The molecule has 0 unspecified atom stereocenters. The van der Waals surface area contributed by atoms with Gasteiger partial charge in [0.05, 0.1) is 0 Å². The molecule has 2 aliphatic rings. The van der Waals surface area contributed by atoms with Gasteiger partial charge < -0.3 is 20.8 Å². The van der Waals surface area contributed by atoms with Crippen molar-refractivity contribution in [2.75, 3.05) is 19.6 Å². The van der Waals surface area contributed by atoms with Crippen molar-refractivity contribution >= 4 is 11.9 Å². The molecule has 0 aromatic carbocycles. The SMILES string of the molecule is C[C@H]1CN[C@]12CCNC2.O=C(O)C(=O)O. The largest absolute Gasteiger partial charge is 0.473 e. The molecule has 1 spiro atoms. The quantitative estimate of drug-likeness (QED) is 0.392. The summed E-state index contributed by atoms with van der Waals surface area (Å²) in [4.78, 5) is 18.2. The second-order valence-corrected chi connectivity index (χ2v) is 3.98. The van der Waals surface area contributed by atoms with Crippen LogP contribution in [0.5, 0.6) is 0 Å². The van der Waals surface area contributed by atoms with Crippen molar-refractivity contribution in [1.29, 1.82) is 0 Å². The van der Waals surface area contributed by atoms with Crippen LogP contribution in [0, 0.1) is 5.92 Å². The molecule has 0 bridgehead atoms. The lowest BCUT2D eigenvalue weighted by atomic mass is 9.77. The molecule has 2 saturated heterocycles. The van der Waals surface area contributed by atoms with Crippen LogP contribution in [0.15, 0.2) is 0 Å². The Hall–Kier alpha value is -1.14. The first-order valence-electron chi connectivity index (χ1n) is 4.90. The van der Waals surface area contributed by atoms with Crippen molar-refractivity contribution in [3.05, 3.63) is 0 Å². The van der Waals surface area contributed by atoms with Crippen LogP contribution in [0.4, 0.5) is 0 Å². The molecule has 0 aromatic rings. The van der Waals surface area contributed by atoms with Gasteiger partial charge in [0.2, 0.25) is 0 Å². The average Bonchev–Trinajstić information content (AvgIpc) is 2.67. The first kappa shape index (κ1) is 11.9. The molecular weight excluding hydrogens is 200 g/mol. The van der Waals surface area contributed by atoms with E-state index in [0.29, 0.717) is 5.54 Å². The number of carboxylic acids is 2. The molecule has 6 nitrogen and oxygen atoms in total. The molecule has 2 heterocycles. The average molecular weight is 216 g/mol. The van der Waals surface area contributed by atoms with Gasteiger partial charge in [0.25, 0.3) is 0 Å². The van der Waals surface area contributed by atoms with Crippen LogP contribution in [-0.2, 0) is 9.59 Å². The van der Waals surface area contributed by atoms with E-state index < -0.39 is 11.9 Å². The number of carbonyl (C=O) groups is 2. The molecule has 0 amide bonds. The van der Waals surface area contributed by atoms with Gasteiger partial charge in [-0.25, -0.2) is 9.59 Å². The van der Waals surface area contributed by atoms with E-state index in [-0.39, 0.29) is 0 Å². The monoisotopic (exact) mass is 216 g/mol. The van der Waals surface area contributed by atoms with Gasteiger partial charge in [-0.1, -0.05) is 6.92 Å². The van der Waals surface area contributed by atoms with Crippen molar-refractivity contribution in [3.8, 4) is 0 Å². The lowest BCUT2D eigenvalue weighted by Crippen LogP contribution is -2.65. The Morgan fingerprint density at radius 2 is 1.93 bits per heavy atom. The maximum absolute atomic E-state index is 9.10. The van der Waals surface area contributed by atoms with Crippen molar-refractivity contribution in [2.45, 2.75) is 18.9 Å². The zero-order valence-electron chi connectivity index (χ0n) is 8.62. The van der Waals surface area contributed by atoms with E-state index in [0.717, 1.165) is 5.92 Å². The minimum absolute atomic E-state index is 0.514. The van der Waals surface area contributed by atoms with Crippen LogP contribution < -0.4 is 10.6 Å². The van der Waals surface area contributed by atoms with Crippen LogP contribution in [0.2, 0.25) is 0 Å². The fraction of sp³-hybridized carbons (Fsp3) is 0.778. The standard InChI is InChI=1S/C7H14N2.C2H2O4/c1-6-4-9-7(6)2-3-8-5-7;3-1(4)2(5)6/h6,8-9H,2-5H2,1H3;(H,3,4)(H,5,6)/t6-,7-;/m0./s1. The summed E-state index contributed by atoms with van der Waals surface area (Å²) < 4.78 is 0. The topological polar surface area (TPSA) is 98.7 Å². The van der Waals surface area contributed by atoms with Crippen molar-refractivity contribution < 1.29 is 19.8 Å². The minimum atomic E-state index is -1.82. The maximum atomic E-state index is 9.10. The second-order valence-electron chi connectivity index (χ2n) is 3.98. The van der Waals surface area contributed by atoms with Gasteiger partial charge in [0.15, 0.2) is 0 Å². The zero-order chi connectivity index (χ0) is 11.5. The summed E-state index contributed by atoms with van der Waals surface area (Å²) in [5.74, 6) is -2.75. The molecule has 0 saturated carbocycles. The Morgan fingerprint density at radius 3 is 2.07 bits per heavy atom. The van der Waals surface area contributed by atoms with E-state index >= 15 is 0 Å². The van der Waals surface area contributed by atoms with E-state index in [1.54, 1.807) is 0 Å². The van der Waals surface area contributed by atoms with E-state index in [9.17, 15) is 0 Å². The van der Waals surface area contributed by atoms with Crippen LogP contribution >= 0.6 is 0 Å². The first-order valence-corrected chi connectivity index (χ1v) is 4.90. The molecule has 2 fully saturated rings. The molecule has 2 rings (SSSR count). The molecule has 0 radical (unpaired) electrons. The fourth-order valence-corrected chi connectivity index (χ4v) is 1.88. The summed E-state index contributed by atoms with van der Waals surface area (Å²) in [5, 5.41) is 21.7. The number of hydrogen-bond donors (Lipinski definition) is 4. The number of aliphatic carboxylic acids is 2. The molecule has 2 atom stereocenters. The zero-order valence-corrected chi connectivity index (χ0v) is 8.62. The van der Waals surface area contributed by atoms with Gasteiger partial charge in [-0.05, 0) is 18.9 Å². The van der Waals surface area contributed by atoms with Crippen LogP contribution in [-0.4, -0.2) is 47.3 Å². The summed E-state index contributed by atoms with van der Waals surface area (Å²) in [5.41, 5.74) is 0.514. The molecular formula is C9H16N2O4. The highest BCUT2D eigenvalue weighted by molar-refractivity contribution is 6.27. The van der Waals surface area contributed by atoms with Gasteiger partial charge in [-0.3, -0.25) is 0 Å². The van der Waals surface area contributed by atoms with Gasteiger partial charge in [0, 0.05) is 18.6 Å². The Balaban J connectivity index is 0.000000167. The lowest BCUT2D eigenvalue weighted by molar-refractivity contribution is -0.159. The fourth-order valence-electron chi connectivity index (χ4n) is 1.88. The Kier molecular flexibility index (Phi) is 3.65. The molecule has 6 heteroatoms. The van der Waals surface area contributed by atoms with Crippen molar-refractivity contribution in [2.24, 2.45) is 5.92 Å². The third-order valence-electron chi connectivity index (χ3n) is 3.07. The second kappa shape index (κ2) is 4.59. The maximum Gasteiger partial charge on any atom is 0.414 e. The summed E-state index contributed by atoms with van der Waals surface area (Å²) in [7, 11) is 0. The third-order valence-corrected chi connectivity index (χ3v) is 3.07. The molecule has 15 heavy (non-hydrogen) atoms. The van der Waals surface area contributed by atoms with Gasteiger partial charge in [-0.15, -0.1) is 0 Å². The van der Waals surface area contributed by atoms with E-state index in [1.165, 1.54) is 26.1 Å². The van der Waals surface area contributed by atoms with E-state index in [4.69, 9.17) is 19.8 Å². The molecule has 0 aliphatic carbocycles. The summed E-state index contributed by atoms with van der Waals surface area (Å²) in [6.07, 6.45) is 1.33.